The summed E-state index contributed by atoms with van der Waals surface area (Å²) in [6.07, 6.45) is 5.62. The second-order valence-corrected chi connectivity index (χ2v) is 8.61. The van der Waals surface area contributed by atoms with E-state index in [0.29, 0.717) is 13.1 Å². The maximum absolute atomic E-state index is 13.7. The number of aromatic nitrogens is 3. The van der Waals surface area contributed by atoms with Crippen molar-refractivity contribution in [2.24, 2.45) is 0 Å². The highest BCUT2D eigenvalue weighted by molar-refractivity contribution is 5.94. The summed E-state index contributed by atoms with van der Waals surface area (Å²) in [6, 6.07) is 14.3. The Morgan fingerprint density at radius 1 is 1.10 bits per heavy atom. The predicted molar refractivity (Wildman–Crippen MR) is 122 cm³/mol. The first-order valence-corrected chi connectivity index (χ1v) is 11.0. The molecule has 162 valence electrons. The number of aryl methyl sites for hydroxylation is 2. The lowest BCUT2D eigenvalue weighted by atomic mass is 10.0. The standard InChI is InChI=1S/C25H31N5O/c1-19-14-20(2)30(27-19)18-21-6-4-8-23(15-21)25(31)29(17-22-7-5-11-26-16-22)24-9-12-28(3)13-10-24/h4-8,11,14-16,24H,9-10,12-13,17-18H2,1-3H3. The Hall–Kier alpha value is -2.99. The number of nitrogens with zero attached hydrogens (tertiary/aromatic N) is 5. The van der Waals surface area contributed by atoms with Crippen LogP contribution in [0.1, 0.15) is 45.7 Å². The lowest BCUT2D eigenvalue weighted by Crippen LogP contribution is -2.46. The van der Waals surface area contributed by atoms with Crippen LogP contribution >= 0.6 is 0 Å². The van der Waals surface area contributed by atoms with Crippen LogP contribution in [0, 0.1) is 13.8 Å². The number of carbonyl (C=O) groups is 1. The Labute approximate surface area is 184 Å². The fraction of sp³-hybridized carbons (Fsp3) is 0.400. The molecule has 6 nitrogen and oxygen atoms in total. The zero-order chi connectivity index (χ0) is 21.8. The zero-order valence-corrected chi connectivity index (χ0v) is 18.7. The van der Waals surface area contributed by atoms with Crippen LogP contribution in [0.2, 0.25) is 0 Å². The Morgan fingerprint density at radius 3 is 2.55 bits per heavy atom. The second-order valence-electron chi connectivity index (χ2n) is 8.61. The van der Waals surface area contributed by atoms with E-state index in [1.807, 2.05) is 53.0 Å². The molecular weight excluding hydrogens is 386 g/mol. The van der Waals surface area contributed by atoms with E-state index in [9.17, 15) is 4.79 Å². The third-order valence-corrected chi connectivity index (χ3v) is 6.08. The van der Waals surface area contributed by atoms with E-state index >= 15 is 0 Å². The molecule has 0 spiro atoms. The summed E-state index contributed by atoms with van der Waals surface area (Å²) < 4.78 is 1.99. The molecule has 1 aliphatic heterocycles. The van der Waals surface area contributed by atoms with Crippen molar-refractivity contribution in [3.8, 4) is 0 Å². The van der Waals surface area contributed by atoms with Gasteiger partial charge >= 0.3 is 0 Å². The van der Waals surface area contributed by atoms with Gasteiger partial charge < -0.3 is 9.80 Å². The molecule has 3 aromatic rings. The molecule has 0 bridgehead atoms. The molecule has 2 aromatic heterocycles. The Balaban J connectivity index is 1.57. The van der Waals surface area contributed by atoms with Crippen molar-refractivity contribution >= 4 is 5.91 Å². The number of pyridine rings is 1. The zero-order valence-electron chi connectivity index (χ0n) is 18.7. The maximum Gasteiger partial charge on any atom is 0.254 e. The smallest absolute Gasteiger partial charge is 0.254 e. The lowest BCUT2D eigenvalue weighted by Gasteiger charge is -2.37. The van der Waals surface area contributed by atoms with Gasteiger partial charge in [0.1, 0.15) is 0 Å². The molecule has 31 heavy (non-hydrogen) atoms. The molecular formula is C25H31N5O. The lowest BCUT2D eigenvalue weighted by molar-refractivity contribution is 0.0569. The van der Waals surface area contributed by atoms with Gasteiger partial charge in [0.2, 0.25) is 0 Å². The summed E-state index contributed by atoms with van der Waals surface area (Å²) in [6.45, 7) is 7.34. The summed E-state index contributed by atoms with van der Waals surface area (Å²) in [5, 5.41) is 4.56. The predicted octanol–water partition coefficient (Wildman–Crippen LogP) is 3.68. The number of benzene rings is 1. The van der Waals surface area contributed by atoms with Crippen molar-refractivity contribution in [1.82, 2.24) is 24.6 Å². The number of hydrogen-bond acceptors (Lipinski definition) is 4. The molecule has 1 amide bonds. The van der Waals surface area contributed by atoms with E-state index in [4.69, 9.17) is 0 Å². The van der Waals surface area contributed by atoms with Gasteiger partial charge in [0.05, 0.1) is 12.2 Å². The molecule has 0 atom stereocenters. The topological polar surface area (TPSA) is 54.3 Å². The van der Waals surface area contributed by atoms with Crippen LogP contribution in [0.4, 0.5) is 0 Å². The van der Waals surface area contributed by atoms with Crippen molar-refractivity contribution < 1.29 is 4.79 Å². The molecule has 0 unspecified atom stereocenters. The number of rotatable bonds is 6. The van der Waals surface area contributed by atoms with Gasteiger partial charge in [0.15, 0.2) is 0 Å². The normalized spacial score (nSPS) is 15.2. The van der Waals surface area contributed by atoms with Gasteiger partial charge in [0, 0.05) is 36.2 Å². The van der Waals surface area contributed by atoms with Crippen molar-refractivity contribution in [1.29, 1.82) is 0 Å². The first kappa shape index (κ1) is 21.2. The molecule has 0 radical (unpaired) electrons. The van der Waals surface area contributed by atoms with Crippen LogP contribution in [0.15, 0.2) is 54.9 Å². The minimum atomic E-state index is 0.0913. The van der Waals surface area contributed by atoms with Crippen LogP contribution in [-0.2, 0) is 13.1 Å². The van der Waals surface area contributed by atoms with Gasteiger partial charge in [-0.1, -0.05) is 18.2 Å². The Kier molecular flexibility index (Phi) is 6.47. The summed E-state index contributed by atoms with van der Waals surface area (Å²) in [7, 11) is 2.14. The van der Waals surface area contributed by atoms with Crippen molar-refractivity contribution in [2.75, 3.05) is 20.1 Å². The van der Waals surface area contributed by atoms with Gasteiger partial charge in [-0.05, 0) is 82.2 Å². The SMILES string of the molecule is Cc1cc(C)n(Cc2cccc(C(=O)N(Cc3cccnc3)C3CCN(C)CC3)c2)n1. The minimum Gasteiger partial charge on any atom is -0.331 e. The van der Waals surface area contributed by atoms with Crippen molar-refractivity contribution in [2.45, 2.75) is 45.8 Å². The molecule has 1 aromatic carbocycles. The van der Waals surface area contributed by atoms with Crippen LogP contribution in [0.5, 0.6) is 0 Å². The minimum absolute atomic E-state index is 0.0913. The highest BCUT2D eigenvalue weighted by Crippen LogP contribution is 2.22. The molecule has 0 aliphatic carbocycles. The van der Waals surface area contributed by atoms with Crippen LogP contribution < -0.4 is 0 Å². The first-order valence-electron chi connectivity index (χ1n) is 11.0. The Morgan fingerprint density at radius 2 is 1.87 bits per heavy atom. The fourth-order valence-corrected chi connectivity index (χ4v) is 4.34. The maximum atomic E-state index is 13.7. The van der Waals surface area contributed by atoms with E-state index in [1.165, 1.54) is 0 Å². The summed E-state index contributed by atoms with van der Waals surface area (Å²) in [4.78, 5) is 22.3. The van der Waals surface area contributed by atoms with Gasteiger partial charge in [0.25, 0.3) is 5.91 Å². The van der Waals surface area contributed by atoms with Crippen LogP contribution in [0.25, 0.3) is 0 Å². The first-order chi connectivity index (χ1) is 15.0. The summed E-state index contributed by atoms with van der Waals surface area (Å²) in [5.41, 5.74) is 5.02. The average molecular weight is 418 g/mol. The fourth-order valence-electron chi connectivity index (χ4n) is 4.34. The Bertz CT molecular complexity index is 1020. The molecule has 1 aliphatic rings. The van der Waals surface area contributed by atoms with E-state index < -0.39 is 0 Å². The molecule has 3 heterocycles. The number of likely N-dealkylation sites (tertiary alicyclic amines) is 1. The number of piperidine rings is 1. The molecule has 1 fully saturated rings. The number of hydrogen-bond donors (Lipinski definition) is 0. The molecule has 0 saturated carbocycles. The number of amides is 1. The molecule has 4 rings (SSSR count). The summed E-state index contributed by atoms with van der Waals surface area (Å²) in [5.74, 6) is 0.0913. The monoisotopic (exact) mass is 417 g/mol. The largest absolute Gasteiger partial charge is 0.331 e. The highest BCUT2D eigenvalue weighted by Gasteiger charge is 2.28. The van der Waals surface area contributed by atoms with Crippen LogP contribution in [-0.4, -0.2) is 56.7 Å². The van der Waals surface area contributed by atoms with Gasteiger partial charge in [-0.15, -0.1) is 0 Å². The second kappa shape index (κ2) is 9.43. The van der Waals surface area contributed by atoms with E-state index in [-0.39, 0.29) is 11.9 Å². The van der Waals surface area contributed by atoms with Gasteiger partial charge in [-0.25, -0.2) is 0 Å². The van der Waals surface area contributed by atoms with E-state index in [2.05, 4.69) is 41.1 Å². The molecule has 0 N–H and O–H groups in total. The third-order valence-electron chi connectivity index (χ3n) is 6.08. The number of carbonyl (C=O) groups excluding carboxylic acids is 1. The summed E-state index contributed by atoms with van der Waals surface area (Å²) >= 11 is 0. The van der Waals surface area contributed by atoms with Gasteiger partial charge in [-0.2, -0.15) is 5.10 Å². The highest BCUT2D eigenvalue weighted by atomic mass is 16.2. The van der Waals surface area contributed by atoms with Crippen molar-refractivity contribution in [3.63, 3.8) is 0 Å². The van der Waals surface area contributed by atoms with E-state index in [1.54, 1.807) is 6.20 Å². The molecule has 6 heteroatoms. The average Bonchev–Trinajstić information content (AvgIpc) is 3.09. The third kappa shape index (κ3) is 5.20. The van der Waals surface area contributed by atoms with Crippen LogP contribution in [0.3, 0.4) is 0 Å². The molecule has 1 saturated heterocycles. The quantitative estimate of drug-likeness (QED) is 0.614. The van der Waals surface area contributed by atoms with E-state index in [0.717, 1.165) is 54.0 Å². The van der Waals surface area contributed by atoms with Gasteiger partial charge in [-0.3, -0.25) is 14.5 Å². The van der Waals surface area contributed by atoms with Crippen molar-refractivity contribution in [3.05, 3.63) is 82.9 Å².